The molecule has 0 fully saturated rings. The predicted octanol–water partition coefficient (Wildman–Crippen LogP) is 3.81. The molecule has 0 spiro atoms. The van der Waals surface area contributed by atoms with E-state index in [4.69, 9.17) is 0 Å². The fourth-order valence-corrected chi connectivity index (χ4v) is 4.07. The van der Waals surface area contributed by atoms with Crippen LogP contribution in [-0.2, 0) is 16.4 Å². The third kappa shape index (κ3) is 5.24. The maximum absolute atomic E-state index is 12.6. The first-order valence-corrected chi connectivity index (χ1v) is 11.1. The molecule has 1 N–H and O–H groups in total. The molecular formula is C23H25N3O3S. The molecule has 30 heavy (non-hydrogen) atoms. The maximum atomic E-state index is 12.6. The van der Waals surface area contributed by atoms with Crippen molar-refractivity contribution in [3.05, 3.63) is 89.2 Å². The summed E-state index contributed by atoms with van der Waals surface area (Å²) in [5.41, 5.74) is 3.76. The van der Waals surface area contributed by atoms with Gasteiger partial charge < -0.3 is 4.90 Å². The zero-order valence-corrected chi connectivity index (χ0v) is 18.1. The van der Waals surface area contributed by atoms with E-state index in [1.165, 1.54) is 0 Å². The number of hydrogen-bond acceptors (Lipinski definition) is 4. The van der Waals surface area contributed by atoms with Crippen LogP contribution in [-0.4, -0.2) is 37.8 Å². The summed E-state index contributed by atoms with van der Waals surface area (Å²) in [6.07, 6.45) is 2.39. The molecule has 2 aromatic carbocycles. The molecule has 7 heteroatoms. The molecule has 1 heterocycles. The molecule has 1 aromatic heterocycles. The summed E-state index contributed by atoms with van der Waals surface area (Å²) < 4.78 is 27.8. The van der Waals surface area contributed by atoms with E-state index in [1.807, 2.05) is 32.0 Å². The van der Waals surface area contributed by atoms with E-state index in [0.717, 1.165) is 16.8 Å². The number of nitrogens with one attached hydrogen (secondary N) is 1. The lowest BCUT2D eigenvalue weighted by Gasteiger charge is -2.17. The SMILES string of the molecule is Cc1ccc(S(=O)(=O)Nc2ccc(C(=O)N(C)CCc3ccccn3)cc2)cc1C. The molecule has 156 valence electrons. The van der Waals surface area contributed by atoms with Gasteiger partial charge in [0.25, 0.3) is 15.9 Å². The van der Waals surface area contributed by atoms with Crippen molar-refractivity contribution in [2.24, 2.45) is 0 Å². The number of aromatic nitrogens is 1. The average molecular weight is 424 g/mol. The number of anilines is 1. The first kappa shape index (κ1) is 21.5. The highest BCUT2D eigenvalue weighted by Gasteiger charge is 2.16. The number of likely N-dealkylation sites (N-methyl/N-ethyl adjacent to an activating group) is 1. The van der Waals surface area contributed by atoms with Crippen molar-refractivity contribution >= 4 is 21.6 Å². The number of rotatable bonds is 7. The van der Waals surface area contributed by atoms with Gasteiger partial charge in [0.05, 0.1) is 4.90 Å². The Morgan fingerprint density at radius 2 is 1.73 bits per heavy atom. The second-order valence-corrected chi connectivity index (χ2v) is 8.91. The van der Waals surface area contributed by atoms with Gasteiger partial charge in [-0.1, -0.05) is 12.1 Å². The molecule has 0 saturated heterocycles. The summed E-state index contributed by atoms with van der Waals surface area (Å²) in [5, 5.41) is 0. The Bertz CT molecular complexity index is 1130. The average Bonchev–Trinajstić information content (AvgIpc) is 2.74. The Morgan fingerprint density at radius 1 is 1.00 bits per heavy atom. The van der Waals surface area contributed by atoms with Gasteiger partial charge in [-0.05, 0) is 73.5 Å². The molecule has 6 nitrogen and oxygen atoms in total. The lowest BCUT2D eigenvalue weighted by atomic mass is 10.1. The van der Waals surface area contributed by atoms with Gasteiger partial charge in [0.1, 0.15) is 0 Å². The molecule has 0 aliphatic rings. The highest BCUT2D eigenvalue weighted by Crippen LogP contribution is 2.19. The monoisotopic (exact) mass is 423 g/mol. The molecule has 1 amide bonds. The normalized spacial score (nSPS) is 11.2. The number of benzene rings is 2. The van der Waals surface area contributed by atoms with Crippen LogP contribution in [0.1, 0.15) is 27.2 Å². The summed E-state index contributed by atoms with van der Waals surface area (Å²) in [6.45, 7) is 4.35. The van der Waals surface area contributed by atoms with Crippen molar-refractivity contribution in [2.75, 3.05) is 18.3 Å². The Labute approximate surface area is 177 Å². The van der Waals surface area contributed by atoms with E-state index >= 15 is 0 Å². The third-order valence-corrected chi connectivity index (χ3v) is 6.33. The van der Waals surface area contributed by atoms with E-state index < -0.39 is 10.0 Å². The van der Waals surface area contributed by atoms with Crippen molar-refractivity contribution in [2.45, 2.75) is 25.2 Å². The van der Waals surface area contributed by atoms with Crippen LogP contribution in [0.25, 0.3) is 0 Å². The Kier molecular flexibility index (Phi) is 6.52. The molecule has 0 atom stereocenters. The van der Waals surface area contributed by atoms with Crippen LogP contribution in [0, 0.1) is 13.8 Å². The number of sulfonamides is 1. The number of nitrogens with zero attached hydrogens (tertiary/aromatic N) is 2. The van der Waals surface area contributed by atoms with Gasteiger partial charge in [0, 0.05) is 43.2 Å². The molecule has 0 aliphatic heterocycles. The largest absolute Gasteiger partial charge is 0.341 e. The van der Waals surface area contributed by atoms with Gasteiger partial charge in [-0.25, -0.2) is 8.42 Å². The van der Waals surface area contributed by atoms with Crippen LogP contribution >= 0.6 is 0 Å². The summed E-state index contributed by atoms with van der Waals surface area (Å²) in [5.74, 6) is -0.130. The van der Waals surface area contributed by atoms with Gasteiger partial charge in [-0.15, -0.1) is 0 Å². The standard InChI is InChI=1S/C23H25N3O3S/c1-17-7-12-22(16-18(17)2)30(28,29)25-21-10-8-19(9-11-21)23(27)26(3)15-13-20-6-4-5-14-24-20/h4-12,14,16,25H,13,15H2,1-3H3. The lowest BCUT2D eigenvalue weighted by Crippen LogP contribution is -2.29. The van der Waals surface area contributed by atoms with Gasteiger partial charge in [0.15, 0.2) is 0 Å². The highest BCUT2D eigenvalue weighted by atomic mass is 32.2. The predicted molar refractivity (Wildman–Crippen MR) is 118 cm³/mol. The van der Waals surface area contributed by atoms with Gasteiger partial charge in [-0.2, -0.15) is 0 Å². The molecule has 0 aliphatic carbocycles. The number of aryl methyl sites for hydroxylation is 2. The topological polar surface area (TPSA) is 79.4 Å². The fourth-order valence-electron chi connectivity index (χ4n) is 2.93. The zero-order valence-electron chi connectivity index (χ0n) is 17.3. The number of hydrogen-bond donors (Lipinski definition) is 1. The summed E-state index contributed by atoms with van der Waals surface area (Å²) >= 11 is 0. The van der Waals surface area contributed by atoms with Crippen molar-refractivity contribution < 1.29 is 13.2 Å². The van der Waals surface area contributed by atoms with Crippen molar-refractivity contribution in [1.82, 2.24) is 9.88 Å². The van der Waals surface area contributed by atoms with E-state index in [9.17, 15) is 13.2 Å². The minimum Gasteiger partial charge on any atom is -0.341 e. The summed E-state index contributed by atoms with van der Waals surface area (Å²) in [7, 11) is -1.96. The van der Waals surface area contributed by atoms with Crippen molar-refractivity contribution in [3.63, 3.8) is 0 Å². The number of amides is 1. The van der Waals surface area contributed by atoms with Crippen LogP contribution in [0.4, 0.5) is 5.69 Å². The first-order valence-electron chi connectivity index (χ1n) is 9.62. The number of pyridine rings is 1. The van der Waals surface area contributed by atoms with Gasteiger partial charge >= 0.3 is 0 Å². The minimum atomic E-state index is -3.69. The van der Waals surface area contributed by atoms with Crippen LogP contribution in [0.3, 0.4) is 0 Å². The molecule has 3 aromatic rings. The van der Waals surface area contributed by atoms with E-state index in [2.05, 4.69) is 9.71 Å². The van der Waals surface area contributed by atoms with E-state index in [1.54, 1.807) is 60.6 Å². The highest BCUT2D eigenvalue weighted by molar-refractivity contribution is 7.92. The van der Waals surface area contributed by atoms with E-state index in [-0.39, 0.29) is 10.8 Å². The minimum absolute atomic E-state index is 0.130. The lowest BCUT2D eigenvalue weighted by molar-refractivity contribution is 0.0796. The van der Waals surface area contributed by atoms with Crippen molar-refractivity contribution in [1.29, 1.82) is 0 Å². The number of carbonyl (C=O) groups excluding carboxylic acids is 1. The smallest absolute Gasteiger partial charge is 0.261 e. The maximum Gasteiger partial charge on any atom is 0.261 e. The van der Waals surface area contributed by atoms with Crippen LogP contribution in [0.2, 0.25) is 0 Å². The molecule has 0 unspecified atom stereocenters. The van der Waals surface area contributed by atoms with Crippen LogP contribution in [0.15, 0.2) is 71.8 Å². The third-order valence-electron chi connectivity index (χ3n) is 4.95. The van der Waals surface area contributed by atoms with Crippen molar-refractivity contribution in [3.8, 4) is 0 Å². The molecular weight excluding hydrogens is 398 g/mol. The molecule has 0 bridgehead atoms. The Hall–Kier alpha value is -3.19. The Balaban J connectivity index is 1.65. The van der Waals surface area contributed by atoms with E-state index in [0.29, 0.717) is 24.2 Å². The molecule has 3 rings (SSSR count). The van der Waals surface area contributed by atoms with Crippen LogP contribution < -0.4 is 4.72 Å². The summed E-state index contributed by atoms with van der Waals surface area (Å²) in [6, 6.07) is 17.1. The zero-order chi connectivity index (χ0) is 21.7. The second-order valence-electron chi connectivity index (χ2n) is 7.23. The fraction of sp³-hybridized carbons (Fsp3) is 0.217. The first-order chi connectivity index (χ1) is 14.3. The second kappa shape index (κ2) is 9.09. The van der Waals surface area contributed by atoms with Gasteiger partial charge in [0.2, 0.25) is 0 Å². The van der Waals surface area contributed by atoms with Gasteiger partial charge in [-0.3, -0.25) is 14.5 Å². The Morgan fingerprint density at radius 3 is 2.37 bits per heavy atom. The molecule has 0 saturated carbocycles. The van der Waals surface area contributed by atoms with Crippen LogP contribution in [0.5, 0.6) is 0 Å². The quantitative estimate of drug-likeness (QED) is 0.627. The summed E-state index contributed by atoms with van der Waals surface area (Å²) in [4.78, 5) is 18.7. The number of carbonyl (C=O) groups is 1. The molecule has 0 radical (unpaired) electrons.